The fourth-order valence-electron chi connectivity index (χ4n) is 4.78. The molecule has 5 nitrogen and oxygen atoms in total. The minimum atomic E-state index is 0.639. The highest BCUT2D eigenvalue weighted by atomic mass is 32.1. The lowest BCUT2D eigenvalue weighted by atomic mass is 9.80. The Morgan fingerprint density at radius 1 is 1.16 bits per heavy atom. The summed E-state index contributed by atoms with van der Waals surface area (Å²) in [6, 6.07) is 4.96. The number of rotatable bonds is 3. The number of piperazine rings is 1. The van der Waals surface area contributed by atoms with Crippen molar-refractivity contribution in [1.29, 1.82) is 0 Å². The maximum absolute atomic E-state index is 4.69. The van der Waals surface area contributed by atoms with Gasteiger partial charge >= 0.3 is 0 Å². The largest absolute Gasteiger partial charge is 0.353 e. The highest BCUT2D eigenvalue weighted by molar-refractivity contribution is 7.07. The van der Waals surface area contributed by atoms with Gasteiger partial charge in [-0.1, -0.05) is 0 Å². The predicted octanol–water partition coefficient (Wildman–Crippen LogP) is 2.47. The van der Waals surface area contributed by atoms with Crippen molar-refractivity contribution >= 4 is 17.2 Å². The summed E-state index contributed by atoms with van der Waals surface area (Å²) in [5.74, 6) is 1.10. The maximum Gasteiger partial charge on any atom is 0.138 e. The lowest BCUT2D eigenvalue weighted by Gasteiger charge is -2.42. The molecule has 1 saturated carbocycles. The minimum absolute atomic E-state index is 0.639. The first kappa shape index (κ1) is 15.7. The van der Waals surface area contributed by atoms with E-state index in [0.29, 0.717) is 5.41 Å². The van der Waals surface area contributed by atoms with Gasteiger partial charge in [0.2, 0.25) is 0 Å². The molecule has 0 unspecified atom stereocenters. The molecule has 0 aromatic carbocycles. The van der Waals surface area contributed by atoms with Crippen LogP contribution in [-0.4, -0.2) is 60.2 Å². The molecule has 1 aliphatic carbocycles. The van der Waals surface area contributed by atoms with Gasteiger partial charge in [0, 0.05) is 62.5 Å². The normalized spacial score (nSPS) is 26.1. The Hall–Kier alpha value is -1.50. The Bertz CT molecular complexity index is 719. The lowest BCUT2D eigenvalue weighted by molar-refractivity contribution is 0.135. The fraction of sp³-hybridized carbons (Fsp3) is 0.579. The van der Waals surface area contributed by atoms with E-state index < -0.39 is 0 Å². The summed E-state index contributed by atoms with van der Waals surface area (Å²) in [7, 11) is 0. The Kier molecular flexibility index (Phi) is 3.99. The molecule has 5 rings (SSSR count). The Morgan fingerprint density at radius 3 is 2.72 bits per heavy atom. The monoisotopic (exact) mass is 355 g/mol. The van der Waals surface area contributed by atoms with E-state index in [0.717, 1.165) is 49.3 Å². The van der Waals surface area contributed by atoms with Crippen molar-refractivity contribution in [2.24, 2.45) is 5.41 Å². The Morgan fingerprint density at radius 2 is 2.04 bits per heavy atom. The third kappa shape index (κ3) is 2.86. The zero-order valence-corrected chi connectivity index (χ0v) is 15.3. The van der Waals surface area contributed by atoms with E-state index in [4.69, 9.17) is 4.98 Å². The number of nitrogens with one attached hydrogen (secondary N) is 1. The molecule has 0 radical (unpaired) electrons. The van der Waals surface area contributed by atoms with Crippen molar-refractivity contribution < 1.29 is 0 Å². The van der Waals surface area contributed by atoms with Crippen LogP contribution in [0.15, 0.2) is 29.2 Å². The van der Waals surface area contributed by atoms with Gasteiger partial charge in [0.1, 0.15) is 5.82 Å². The first-order valence-corrected chi connectivity index (χ1v) is 10.3. The lowest BCUT2D eigenvalue weighted by Crippen LogP contribution is -2.54. The van der Waals surface area contributed by atoms with Gasteiger partial charge in [-0.2, -0.15) is 0 Å². The van der Waals surface area contributed by atoms with Crippen LogP contribution < -0.4 is 10.2 Å². The van der Waals surface area contributed by atoms with Gasteiger partial charge in [-0.05, 0) is 36.8 Å². The number of hydrogen-bond donors (Lipinski definition) is 1. The molecule has 2 aliphatic heterocycles. The number of pyridine rings is 1. The molecule has 3 fully saturated rings. The van der Waals surface area contributed by atoms with Crippen molar-refractivity contribution in [2.45, 2.75) is 25.3 Å². The molecule has 2 saturated heterocycles. The summed E-state index contributed by atoms with van der Waals surface area (Å²) < 4.78 is 0. The number of aromatic nitrogens is 2. The second kappa shape index (κ2) is 6.34. The average molecular weight is 356 g/mol. The molecule has 2 aromatic rings. The first-order chi connectivity index (χ1) is 12.3. The van der Waals surface area contributed by atoms with E-state index in [2.05, 4.69) is 31.5 Å². The van der Waals surface area contributed by atoms with Crippen molar-refractivity contribution in [2.75, 3.05) is 44.2 Å². The van der Waals surface area contributed by atoms with Crippen LogP contribution in [0.25, 0.3) is 11.3 Å². The predicted molar refractivity (Wildman–Crippen MR) is 102 cm³/mol. The zero-order chi connectivity index (χ0) is 16.7. The highest BCUT2D eigenvalue weighted by Crippen LogP contribution is 2.43. The van der Waals surface area contributed by atoms with Gasteiger partial charge in [0.05, 0.1) is 11.2 Å². The summed E-state index contributed by atoms with van der Waals surface area (Å²) in [4.78, 5) is 14.4. The van der Waals surface area contributed by atoms with Crippen LogP contribution in [-0.2, 0) is 0 Å². The molecule has 4 heterocycles. The average Bonchev–Trinajstić information content (AvgIpc) is 3.32. The molecule has 6 heteroatoms. The quantitative estimate of drug-likeness (QED) is 0.916. The third-order valence-corrected chi connectivity index (χ3v) is 6.89. The maximum atomic E-state index is 4.69. The summed E-state index contributed by atoms with van der Waals surface area (Å²) in [6.07, 6.45) is 6.10. The van der Waals surface area contributed by atoms with E-state index in [1.807, 2.05) is 17.8 Å². The van der Waals surface area contributed by atoms with Crippen LogP contribution in [0.5, 0.6) is 0 Å². The smallest absolute Gasteiger partial charge is 0.138 e. The number of hydrogen-bond acceptors (Lipinski definition) is 6. The second-order valence-electron chi connectivity index (χ2n) is 7.77. The highest BCUT2D eigenvalue weighted by Gasteiger charge is 2.45. The van der Waals surface area contributed by atoms with Gasteiger partial charge < -0.3 is 10.2 Å². The summed E-state index contributed by atoms with van der Waals surface area (Å²) in [5, 5.41) is 5.59. The van der Waals surface area contributed by atoms with Crippen LogP contribution >= 0.6 is 11.3 Å². The first-order valence-electron chi connectivity index (χ1n) is 9.36. The molecular weight excluding hydrogens is 330 g/mol. The Labute approximate surface area is 153 Å². The number of thiazole rings is 1. The van der Waals surface area contributed by atoms with E-state index in [1.54, 1.807) is 11.3 Å². The van der Waals surface area contributed by atoms with E-state index >= 15 is 0 Å². The van der Waals surface area contributed by atoms with Crippen molar-refractivity contribution in [3.05, 3.63) is 29.2 Å². The standard InChI is InChI=1S/C19H25N5S/c1-2-16(17-11-25-14-22-17)18(21-5-1)24-8-6-23(7-9-24)15-3-4-19(10-15)12-20-13-19/h1-2,5,11,14-15,20H,3-4,6-10,12-13H2/t15-/m1/s1. The molecule has 1 atom stereocenters. The molecule has 0 bridgehead atoms. The van der Waals surface area contributed by atoms with E-state index in [-0.39, 0.29) is 0 Å². The van der Waals surface area contributed by atoms with Crippen LogP contribution in [0.3, 0.4) is 0 Å². The number of nitrogens with zero attached hydrogens (tertiary/aromatic N) is 4. The molecule has 1 N–H and O–H groups in total. The molecule has 0 amide bonds. The van der Waals surface area contributed by atoms with Crippen LogP contribution in [0, 0.1) is 5.41 Å². The van der Waals surface area contributed by atoms with Gasteiger partial charge in [-0.25, -0.2) is 9.97 Å². The van der Waals surface area contributed by atoms with Crippen LogP contribution in [0.2, 0.25) is 0 Å². The van der Waals surface area contributed by atoms with E-state index in [9.17, 15) is 0 Å². The molecule has 132 valence electrons. The van der Waals surface area contributed by atoms with Gasteiger partial charge in [-0.15, -0.1) is 11.3 Å². The topological polar surface area (TPSA) is 44.3 Å². The zero-order valence-electron chi connectivity index (χ0n) is 14.5. The third-order valence-electron chi connectivity index (χ3n) is 6.30. The minimum Gasteiger partial charge on any atom is -0.353 e. The van der Waals surface area contributed by atoms with Crippen molar-refractivity contribution in [1.82, 2.24) is 20.2 Å². The number of anilines is 1. The molecular formula is C19H25N5S. The molecule has 2 aromatic heterocycles. The van der Waals surface area contributed by atoms with Gasteiger partial charge in [-0.3, -0.25) is 4.90 Å². The summed E-state index contributed by atoms with van der Waals surface area (Å²) >= 11 is 1.64. The SMILES string of the molecule is c1cnc(N2CCN([C@@H]3CCC4(CNC4)C3)CC2)c(-c2cscn2)c1. The molecule has 25 heavy (non-hydrogen) atoms. The summed E-state index contributed by atoms with van der Waals surface area (Å²) in [6.45, 7) is 6.93. The summed E-state index contributed by atoms with van der Waals surface area (Å²) in [5.41, 5.74) is 4.75. The van der Waals surface area contributed by atoms with Crippen LogP contribution in [0.1, 0.15) is 19.3 Å². The van der Waals surface area contributed by atoms with Crippen LogP contribution in [0.4, 0.5) is 5.82 Å². The van der Waals surface area contributed by atoms with Gasteiger partial charge in [0.25, 0.3) is 0 Å². The second-order valence-corrected chi connectivity index (χ2v) is 8.49. The molecule has 1 spiro atoms. The molecule has 3 aliphatic rings. The Balaban J connectivity index is 1.27. The fourth-order valence-corrected chi connectivity index (χ4v) is 5.33. The van der Waals surface area contributed by atoms with Crippen molar-refractivity contribution in [3.8, 4) is 11.3 Å². The van der Waals surface area contributed by atoms with Crippen molar-refractivity contribution in [3.63, 3.8) is 0 Å². The van der Waals surface area contributed by atoms with Gasteiger partial charge in [0.15, 0.2) is 0 Å². The van der Waals surface area contributed by atoms with E-state index in [1.165, 1.54) is 32.4 Å².